The molecule has 1 aromatic heterocycles. The lowest BCUT2D eigenvalue weighted by Crippen LogP contribution is -2.41. The van der Waals surface area contributed by atoms with E-state index in [0.29, 0.717) is 0 Å². The lowest BCUT2D eigenvalue weighted by molar-refractivity contribution is 0.281. The quantitative estimate of drug-likeness (QED) is 0.459. The molecule has 1 atom stereocenters. The summed E-state index contributed by atoms with van der Waals surface area (Å²) in [6, 6.07) is 0. The topological polar surface area (TPSA) is 61.6 Å². The second kappa shape index (κ2) is 9.72. The smallest absolute Gasteiger partial charge is 0.193 e. The summed E-state index contributed by atoms with van der Waals surface area (Å²) in [6.07, 6.45) is 11.0. The second-order valence-corrected chi connectivity index (χ2v) is 8.68. The number of aromatic nitrogens is 3. The molecule has 0 radical (unpaired) electrons. The molecule has 0 saturated carbocycles. The first-order valence-electron chi connectivity index (χ1n) is 11.4. The van der Waals surface area contributed by atoms with Crippen LogP contribution in [0.25, 0.3) is 0 Å². The van der Waals surface area contributed by atoms with Gasteiger partial charge in [0.2, 0.25) is 0 Å². The van der Waals surface area contributed by atoms with Crippen molar-refractivity contribution in [3.05, 3.63) is 11.6 Å². The van der Waals surface area contributed by atoms with Gasteiger partial charge in [-0.15, -0.1) is 10.2 Å². The average Bonchev–Trinajstić information content (AvgIpc) is 3.43. The molecular formula is C21H37N7. The van der Waals surface area contributed by atoms with E-state index in [2.05, 4.69) is 34.9 Å². The molecular weight excluding hydrogens is 350 g/mol. The van der Waals surface area contributed by atoms with Gasteiger partial charge >= 0.3 is 0 Å². The van der Waals surface area contributed by atoms with E-state index in [-0.39, 0.29) is 0 Å². The number of hydrogen-bond acceptors (Lipinski definition) is 4. The van der Waals surface area contributed by atoms with E-state index in [1.54, 1.807) is 0 Å². The Hall–Kier alpha value is -1.63. The highest BCUT2D eigenvalue weighted by Crippen LogP contribution is 2.20. The van der Waals surface area contributed by atoms with Crippen LogP contribution >= 0.6 is 0 Å². The summed E-state index contributed by atoms with van der Waals surface area (Å²) < 4.78 is 2.37. The number of likely N-dealkylation sites (tertiary alicyclic amines) is 2. The van der Waals surface area contributed by atoms with Crippen molar-refractivity contribution in [2.75, 3.05) is 46.3 Å². The van der Waals surface area contributed by atoms with Gasteiger partial charge in [0, 0.05) is 52.6 Å². The van der Waals surface area contributed by atoms with E-state index in [9.17, 15) is 0 Å². The standard InChI is InChI=1S/C21H37N7/c1-22-21(27-15-10-18(17-27)16-26-12-5-6-13-26)23-11-7-9-20-25-24-19-8-3-2-4-14-28(19)20/h18H,2-17H2,1H3,(H,22,23). The van der Waals surface area contributed by atoms with Crippen LogP contribution in [0.5, 0.6) is 0 Å². The van der Waals surface area contributed by atoms with Crippen molar-refractivity contribution in [1.29, 1.82) is 0 Å². The SMILES string of the molecule is CN=C(NCCCc1nnc2n1CCCCC2)N1CCC(CN2CCCC2)C1. The van der Waals surface area contributed by atoms with Gasteiger partial charge in [0.05, 0.1) is 0 Å². The molecule has 2 saturated heterocycles. The Morgan fingerprint density at radius 3 is 2.79 bits per heavy atom. The van der Waals surface area contributed by atoms with Gasteiger partial charge in [-0.2, -0.15) is 0 Å². The van der Waals surface area contributed by atoms with Gasteiger partial charge in [-0.25, -0.2) is 0 Å². The molecule has 0 amide bonds. The van der Waals surface area contributed by atoms with Gasteiger partial charge < -0.3 is 19.7 Å². The zero-order valence-electron chi connectivity index (χ0n) is 17.6. The molecule has 0 aromatic carbocycles. The molecule has 0 spiro atoms. The van der Waals surface area contributed by atoms with Gasteiger partial charge in [0.15, 0.2) is 5.96 Å². The highest BCUT2D eigenvalue weighted by atomic mass is 15.3. The fourth-order valence-corrected chi connectivity index (χ4v) is 5.01. The Labute approximate surface area is 169 Å². The Morgan fingerprint density at radius 1 is 1.07 bits per heavy atom. The molecule has 7 heteroatoms. The molecule has 2 fully saturated rings. The third-order valence-corrected chi connectivity index (χ3v) is 6.56. The van der Waals surface area contributed by atoms with E-state index in [1.165, 1.54) is 69.8 Å². The van der Waals surface area contributed by atoms with E-state index in [0.717, 1.165) is 57.3 Å². The second-order valence-electron chi connectivity index (χ2n) is 8.68. The van der Waals surface area contributed by atoms with Crippen LogP contribution in [0.15, 0.2) is 4.99 Å². The molecule has 4 rings (SSSR count). The van der Waals surface area contributed by atoms with Crippen LogP contribution in [0.2, 0.25) is 0 Å². The van der Waals surface area contributed by atoms with Gasteiger partial charge in [-0.3, -0.25) is 4.99 Å². The first kappa shape index (κ1) is 19.7. The zero-order valence-corrected chi connectivity index (χ0v) is 17.6. The molecule has 7 nitrogen and oxygen atoms in total. The Kier molecular flexibility index (Phi) is 6.83. The number of aliphatic imine (C=N–C) groups is 1. The molecule has 1 unspecified atom stereocenters. The largest absolute Gasteiger partial charge is 0.356 e. The number of nitrogens with zero attached hydrogens (tertiary/aromatic N) is 6. The summed E-state index contributed by atoms with van der Waals surface area (Å²) in [4.78, 5) is 9.63. The summed E-state index contributed by atoms with van der Waals surface area (Å²) >= 11 is 0. The van der Waals surface area contributed by atoms with Crippen molar-refractivity contribution in [2.24, 2.45) is 10.9 Å². The summed E-state index contributed by atoms with van der Waals surface area (Å²) in [5.41, 5.74) is 0. The minimum absolute atomic E-state index is 0.795. The lowest BCUT2D eigenvalue weighted by atomic mass is 10.1. The number of guanidine groups is 1. The first-order chi connectivity index (χ1) is 13.8. The summed E-state index contributed by atoms with van der Waals surface area (Å²) in [5.74, 6) is 4.23. The number of fused-ring (bicyclic) bond motifs is 1. The Balaban J connectivity index is 1.19. The maximum Gasteiger partial charge on any atom is 0.193 e. The molecule has 156 valence electrons. The van der Waals surface area contributed by atoms with Gasteiger partial charge in [-0.05, 0) is 57.5 Å². The molecule has 1 aromatic rings. The summed E-state index contributed by atoms with van der Waals surface area (Å²) in [6.45, 7) is 8.20. The predicted octanol–water partition coefficient (Wildman–Crippen LogP) is 1.93. The minimum Gasteiger partial charge on any atom is -0.356 e. The number of aryl methyl sites for hydroxylation is 2. The van der Waals surface area contributed by atoms with Crippen LogP contribution in [0, 0.1) is 5.92 Å². The molecule has 3 aliphatic rings. The molecule has 28 heavy (non-hydrogen) atoms. The van der Waals surface area contributed by atoms with Crippen molar-refractivity contribution in [3.63, 3.8) is 0 Å². The van der Waals surface area contributed by atoms with Crippen LogP contribution in [0.1, 0.15) is 56.6 Å². The van der Waals surface area contributed by atoms with Gasteiger partial charge in [0.1, 0.15) is 11.6 Å². The first-order valence-corrected chi connectivity index (χ1v) is 11.4. The van der Waals surface area contributed by atoms with E-state index >= 15 is 0 Å². The minimum atomic E-state index is 0.795. The Bertz CT molecular complexity index is 647. The number of nitrogens with one attached hydrogen (secondary N) is 1. The van der Waals surface area contributed by atoms with Crippen LogP contribution < -0.4 is 5.32 Å². The maximum absolute atomic E-state index is 4.54. The Morgan fingerprint density at radius 2 is 1.93 bits per heavy atom. The van der Waals surface area contributed by atoms with Crippen LogP contribution in [-0.2, 0) is 19.4 Å². The lowest BCUT2D eigenvalue weighted by Gasteiger charge is -2.23. The normalized spacial score (nSPS) is 23.8. The van der Waals surface area contributed by atoms with Crippen molar-refractivity contribution >= 4 is 5.96 Å². The third-order valence-electron chi connectivity index (χ3n) is 6.56. The molecule has 4 heterocycles. The monoisotopic (exact) mass is 387 g/mol. The van der Waals surface area contributed by atoms with Crippen molar-refractivity contribution in [1.82, 2.24) is 29.9 Å². The highest BCUT2D eigenvalue weighted by molar-refractivity contribution is 5.80. The molecule has 0 bridgehead atoms. The highest BCUT2D eigenvalue weighted by Gasteiger charge is 2.27. The van der Waals surface area contributed by atoms with Crippen molar-refractivity contribution in [3.8, 4) is 0 Å². The zero-order chi connectivity index (χ0) is 19.2. The predicted molar refractivity (Wildman–Crippen MR) is 113 cm³/mol. The van der Waals surface area contributed by atoms with Crippen LogP contribution in [0.4, 0.5) is 0 Å². The molecule has 0 aliphatic carbocycles. The van der Waals surface area contributed by atoms with E-state index in [1.807, 2.05) is 7.05 Å². The molecule has 1 N–H and O–H groups in total. The van der Waals surface area contributed by atoms with E-state index in [4.69, 9.17) is 0 Å². The van der Waals surface area contributed by atoms with Crippen LogP contribution in [0.3, 0.4) is 0 Å². The summed E-state index contributed by atoms with van der Waals surface area (Å²) in [5, 5.41) is 12.5. The number of rotatable bonds is 6. The fraction of sp³-hybridized carbons (Fsp3) is 0.857. The van der Waals surface area contributed by atoms with Crippen molar-refractivity contribution in [2.45, 2.75) is 64.3 Å². The van der Waals surface area contributed by atoms with Gasteiger partial charge in [-0.1, -0.05) is 6.42 Å². The van der Waals surface area contributed by atoms with Crippen LogP contribution in [-0.4, -0.2) is 76.8 Å². The van der Waals surface area contributed by atoms with E-state index < -0.39 is 0 Å². The maximum atomic E-state index is 4.54. The number of hydrogen-bond donors (Lipinski definition) is 1. The third kappa shape index (κ3) is 4.85. The fourth-order valence-electron chi connectivity index (χ4n) is 5.01. The summed E-state index contributed by atoms with van der Waals surface area (Å²) in [7, 11) is 1.91. The van der Waals surface area contributed by atoms with Crippen molar-refractivity contribution < 1.29 is 0 Å². The average molecular weight is 388 g/mol. The van der Waals surface area contributed by atoms with Gasteiger partial charge in [0.25, 0.3) is 0 Å². The molecule has 3 aliphatic heterocycles.